The molecule has 1 atom stereocenters. The number of amides is 2. The van der Waals surface area contributed by atoms with Gasteiger partial charge in [0.15, 0.2) is 0 Å². The number of hydrogen-bond acceptors (Lipinski definition) is 7. The molecule has 0 saturated carbocycles. The lowest BCUT2D eigenvalue weighted by Gasteiger charge is -2.31. The van der Waals surface area contributed by atoms with Crippen molar-refractivity contribution in [2.24, 2.45) is 16.5 Å². The first-order chi connectivity index (χ1) is 14.5. The summed E-state index contributed by atoms with van der Waals surface area (Å²) in [4.78, 5) is 30.9. The molecule has 9 nitrogen and oxygen atoms in total. The molecule has 3 aromatic rings. The highest BCUT2D eigenvalue weighted by Crippen LogP contribution is 2.26. The van der Waals surface area contributed by atoms with Gasteiger partial charge in [-0.25, -0.2) is 4.99 Å². The zero-order valence-electron chi connectivity index (χ0n) is 16.0. The standard InChI is InChI=1S/C21H19N5O4/c1-29-13-8-6-12(7-9-13)26-17(22)15-10-11-30-21(15)25-19(26)20(28)24-16-5-3-2-4-14(16)18(23)27/h2-11,19H,22H2,1H3,(H2,23,27)(H,24,28). The Morgan fingerprint density at radius 2 is 1.87 bits per heavy atom. The Labute approximate surface area is 171 Å². The van der Waals surface area contributed by atoms with E-state index in [9.17, 15) is 9.59 Å². The fourth-order valence-corrected chi connectivity index (χ4v) is 3.23. The first-order valence-corrected chi connectivity index (χ1v) is 9.03. The van der Waals surface area contributed by atoms with Crippen LogP contribution in [0.3, 0.4) is 0 Å². The molecule has 1 unspecified atom stereocenters. The number of carbonyl (C=O) groups excluding carboxylic acids is 2. The van der Waals surface area contributed by atoms with E-state index in [0.29, 0.717) is 22.5 Å². The minimum absolute atomic E-state index is 0.188. The molecular formula is C21H19N5O4. The summed E-state index contributed by atoms with van der Waals surface area (Å²) in [6, 6.07) is 15.2. The van der Waals surface area contributed by atoms with E-state index >= 15 is 0 Å². The number of benzene rings is 2. The zero-order chi connectivity index (χ0) is 21.3. The van der Waals surface area contributed by atoms with Crippen LogP contribution >= 0.6 is 0 Å². The van der Waals surface area contributed by atoms with Crippen molar-refractivity contribution in [3.8, 4) is 5.75 Å². The molecule has 0 aliphatic carbocycles. The number of carbonyl (C=O) groups is 2. The average Bonchev–Trinajstić information content (AvgIpc) is 3.23. The van der Waals surface area contributed by atoms with Crippen molar-refractivity contribution in [1.29, 1.82) is 0 Å². The molecule has 152 valence electrons. The van der Waals surface area contributed by atoms with Crippen molar-refractivity contribution < 1.29 is 18.7 Å². The molecule has 1 aromatic heterocycles. The lowest BCUT2D eigenvalue weighted by molar-refractivity contribution is -0.117. The molecule has 0 radical (unpaired) electrons. The van der Waals surface area contributed by atoms with Crippen LogP contribution in [0.15, 0.2) is 70.3 Å². The predicted molar refractivity (Wildman–Crippen MR) is 110 cm³/mol. The Morgan fingerprint density at radius 3 is 2.57 bits per heavy atom. The van der Waals surface area contributed by atoms with E-state index in [1.54, 1.807) is 60.5 Å². The third kappa shape index (κ3) is 3.32. The SMILES string of the molecule is COc1ccc(N2C(N)=c3ccoc3=NC2C(=O)Nc2ccccc2C(N)=O)cc1. The van der Waals surface area contributed by atoms with Gasteiger partial charge in [0.1, 0.15) is 11.6 Å². The van der Waals surface area contributed by atoms with E-state index in [-0.39, 0.29) is 16.8 Å². The van der Waals surface area contributed by atoms with E-state index < -0.39 is 18.0 Å². The van der Waals surface area contributed by atoms with Crippen LogP contribution in [0.4, 0.5) is 11.4 Å². The third-order valence-electron chi connectivity index (χ3n) is 4.70. The average molecular weight is 405 g/mol. The maximum Gasteiger partial charge on any atom is 0.270 e. The van der Waals surface area contributed by atoms with Crippen molar-refractivity contribution in [2.75, 3.05) is 17.3 Å². The second kappa shape index (κ2) is 7.63. The van der Waals surface area contributed by atoms with Crippen molar-refractivity contribution in [1.82, 2.24) is 0 Å². The molecule has 0 bridgehead atoms. The summed E-state index contributed by atoms with van der Waals surface area (Å²) < 4.78 is 10.6. The lowest BCUT2D eigenvalue weighted by atomic mass is 10.1. The number of nitrogens with two attached hydrogens (primary N) is 2. The first kappa shape index (κ1) is 19.1. The van der Waals surface area contributed by atoms with Gasteiger partial charge in [0.25, 0.3) is 11.8 Å². The summed E-state index contributed by atoms with van der Waals surface area (Å²) >= 11 is 0. The molecule has 2 amide bonds. The van der Waals surface area contributed by atoms with Gasteiger partial charge in [-0.1, -0.05) is 12.1 Å². The molecule has 4 rings (SSSR count). The molecule has 0 fully saturated rings. The van der Waals surface area contributed by atoms with Crippen LogP contribution in [0.1, 0.15) is 10.4 Å². The lowest BCUT2D eigenvalue weighted by Crippen LogP contribution is -2.52. The van der Waals surface area contributed by atoms with Gasteiger partial charge in [0, 0.05) is 5.69 Å². The second-order valence-corrected chi connectivity index (χ2v) is 6.49. The smallest absolute Gasteiger partial charge is 0.270 e. The number of furan rings is 1. The molecule has 0 spiro atoms. The van der Waals surface area contributed by atoms with Crippen molar-refractivity contribution in [3.05, 3.63) is 77.2 Å². The van der Waals surface area contributed by atoms with Crippen LogP contribution in [0, 0.1) is 0 Å². The number of fused-ring (bicyclic) bond motifs is 1. The highest BCUT2D eigenvalue weighted by Gasteiger charge is 2.32. The summed E-state index contributed by atoms with van der Waals surface area (Å²) in [6.07, 6.45) is 0.383. The Bertz CT molecular complexity index is 1230. The molecule has 2 heterocycles. The fraction of sp³-hybridized carbons (Fsp3) is 0.0952. The number of hydrogen-bond donors (Lipinski definition) is 3. The minimum Gasteiger partial charge on any atom is -0.497 e. The number of para-hydroxylation sites is 1. The van der Waals surface area contributed by atoms with Crippen molar-refractivity contribution in [3.63, 3.8) is 0 Å². The topological polar surface area (TPSA) is 136 Å². The van der Waals surface area contributed by atoms with Gasteiger partial charge >= 0.3 is 0 Å². The Hall–Kier alpha value is -4.27. The molecule has 9 heteroatoms. The fourth-order valence-electron chi connectivity index (χ4n) is 3.23. The Kier molecular flexibility index (Phi) is 4.85. The van der Waals surface area contributed by atoms with Crippen molar-refractivity contribution >= 4 is 29.0 Å². The van der Waals surface area contributed by atoms with Crippen molar-refractivity contribution in [2.45, 2.75) is 6.17 Å². The maximum absolute atomic E-state index is 13.2. The van der Waals surface area contributed by atoms with Gasteiger partial charge < -0.3 is 25.9 Å². The maximum atomic E-state index is 13.2. The molecule has 5 N–H and O–H groups in total. The van der Waals surface area contributed by atoms with Gasteiger partial charge in [-0.3, -0.25) is 14.5 Å². The third-order valence-corrected chi connectivity index (χ3v) is 4.70. The van der Waals surface area contributed by atoms with Gasteiger partial charge in [-0.15, -0.1) is 0 Å². The minimum atomic E-state index is -1.07. The number of primary amides is 1. The van der Waals surface area contributed by atoms with Crippen LogP contribution < -0.4 is 37.2 Å². The number of rotatable bonds is 5. The molecule has 30 heavy (non-hydrogen) atoms. The number of methoxy groups -OCH3 is 1. The number of nitrogens with one attached hydrogen (secondary N) is 1. The summed E-state index contributed by atoms with van der Waals surface area (Å²) in [5.74, 6) is -0.198. The number of anilines is 2. The normalized spacial score (nSPS) is 15.2. The van der Waals surface area contributed by atoms with Gasteiger partial charge in [-0.05, 0) is 42.5 Å². The van der Waals surface area contributed by atoms with E-state index in [4.69, 9.17) is 20.6 Å². The van der Waals surface area contributed by atoms with E-state index in [1.807, 2.05) is 0 Å². The van der Waals surface area contributed by atoms with E-state index in [0.717, 1.165) is 0 Å². The van der Waals surface area contributed by atoms with Crippen LogP contribution in [0.2, 0.25) is 0 Å². The van der Waals surface area contributed by atoms with Gasteiger partial charge in [-0.2, -0.15) is 0 Å². The number of ether oxygens (including phenoxy) is 1. The molecule has 0 saturated heterocycles. The summed E-state index contributed by atoms with van der Waals surface area (Å²) in [5, 5.41) is 3.29. The highest BCUT2D eigenvalue weighted by atomic mass is 16.5. The molecule has 2 aromatic carbocycles. The quantitative estimate of drug-likeness (QED) is 0.566. The Balaban J connectivity index is 1.76. The monoisotopic (exact) mass is 405 g/mol. The van der Waals surface area contributed by atoms with E-state index in [2.05, 4.69) is 10.3 Å². The first-order valence-electron chi connectivity index (χ1n) is 9.03. The van der Waals surface area contributed by atoms with Gasteiger partial charge in [0.2, 0.25) is 11.7 Å². The van der Waals surface area contributed by atoms with Crippen LogP contribution in [0.25, 0.3) is 5.82 Å². The summed E-state index contributed by atoms with van der Waals surface area (Å²) in [6.45, 7) is 0. The molecule has 1 aliphatic heterocycles. The zero-order valence-corrected chi connectivity index (χ0v) is 16.0. The predicted octanol–water partition coefficient (Wildman–Crippen LogP) is 0.516. The second-order valence-electron chi connectivity index (χ2n) is 6.49. The van der Waals surface area contributed by atoms with Gasteiger partial charge in [0.05, 0.1) is 29.8 Å². The van der Waals surface area contributed by atoms with E-state index in [1.165, 1.54) is 12.3 Å². The number of nitrogens with zero attached hydrogens (tertiary/aromatic N) is 2. The summed E-state index contributed by atoms with van der Waals surface area (Å²) in [7, 11) is 1.57. The summed E-state index contributed by atoms with van der Waals surface area (Å²) in [5.41, 5.74) is 13.1. The molecular weight excluding hydrogens is 386 g/mol. The highest BCUT2D eigenvalue weighted by molar-refractivity contribution is 6.05. The van der Waals surface area contributed by atoms with Crippen LogP contribution in [-0.2, 0) is 4.79 Å². The molecule has 1 aliphatic rings. The van der Waals surface area contributed by atoms with Crippen LogP contribution in [0.5, 0.6) is 5.75 Å². The Morgan fingerprint density at radius 1 is 1.13 bits per heavy atom. The largest absolute Gasteiger partial charge is 0.497 e. The van der Waals surface area contributed by atoms with Crippen LogP contribution in [-0.4, -0.2) is 25.1 Å².